The number of hydrogen-bond donors (Lipinski definition) is 3. The van der Waals surface area contributed by atoms with Crippen LogP contribution in [0.2, 0.25) is 0 Å². The van der Waals surface area contributed by atoms with Crippen molar-refractivity contribution in [1.29, 1.82) is 0 Å². The van der Waals surface area contributed by atoms with Crippen molar-refractivity contribution in [2.75, 3.05) is 12.3 Å². The van der Waals surface area contributed by atoms with Crippen molar-refractivity contribution in [2.45, 2.75) is 38.2 Å². The lowest BCUT2D eigenvalue weighted by Crippen LogP contribution is -2.19. The minimum atomic E-state index is -0.220. The van der Waals surface area contributed by atoms with E-state index in [1.165, 1.54) is 6.42 Å². The van der Waals surface area contributed by atoms with E-state index in [1.54, 1.807) is 0 Å². The zero-order valence-corrected chi connectivity index (χ0v) is 10.7. The van der Waals surface area contributed by atoms with E-state index in [0.29, 0.717) is 17.1 Å². The van der Waals surface area contributed by atoms with Gasteiger partial charge in [-0.25, -0.2) is 4.98 Å². The first-order valence-electron chi connectivity index (χ1n) is 6.71. The van der Waals surface area contributed by atoms with Crippen molar-refractivity contribution in [1.82, 2.24) is 15.0 Å². The summed E-state index contributed by atoms with van der Waals surface area (Å²) in [5.41, 5.74) is 7.57. The Balaban J connectivity index is 1.79. The Labute approximate surface area is 110 Å². The van der Waals surface area contributed by atoms with Gasteiger partial charge in [-0.15, -0.1) is 0 Å². The van der Waals surface area contributed by atoms with E-state index in [2.05, 4.69) is 15.0 Å². The molecule has 0 aliphatic carbocycles. The molecule has 1 aliphatic rings. The lowest BCUT2D eigenvalue weighted by molar-refractivity contribution is 0.0115. The number of nitrogens with zero attached hydrogens (tertiary/aromatic N) is 1. The maximum Gasteiger partial charge on any atom is 0.276 e. The lowest BCUT2D eigenvalue weighted by Gasteiger charge is -2.22. The Hall–Kier alpha value is -1.82. The highest BCUT2D eigenvalue weighted by Gasteiger charge is 2.15. The second kappa shape index (κ2) is 5.05. The average Bonchev–Trinajstić information content (AvgIpc) is 2.81. The third-order valence-corrected chi connectivity index (χ3v) is 3.64. The van der Waals surface area contributed by atoms with Gasteiger partial charge < -0.3 is 15.5 Å². The molecule has 0 aromatic carbocycles. The molecule has 2 aromatic heterocycles. The van der Waals surface area contributed by atoms with Crippen molar-refractivity contribution in [3.8, 4) is 0 Å². The molecule has 0 bridgehead atoms. The molecule has 1 atom stereocenters. The standard InChI is InChI=1S/C13H18N4O2/c14-13-16-10-8(7-15-11(10)12(18)17-13)4-5-9-3-1-2-6-19-9/h7,9,15H,1-6H2,(H3,14,16,17,18). The minimum Gasteiger partial charge on any atom is -0.378 e. The van der Waals surface area contributed by atoms with Gasteiger partial charge in [0.25, 0.3) is 5.56 Å². The highest BCUT2D eigenvalue weighted by Crippen LogP contribution is 2.20. The zero-order chi connectivity index (χ0) is 13.2. The van der Waals surface area contributed by atoms with Gasteiger partial charge >= 0.3 is 0 Å². The van der Waals surface area contributed by atoms with Crippen LogP contribution in [0.25, 0.3) is 11.0 Å². The molecule has 2 aromatic rings. The summed E-state index contributed by atoms with van der Waals surface area (Å²) in [7, 11) is 0. The second-order valence-corrected chi connectivity index (χ2v) is 5.02. The molecule has 0 amide bonds. The van der Waals surface area contributed by atoms with E-state index in [9.17, 15) is 4.79 Å². The van der Waals surface area contributed by atoms with Gasteiger partial charge in [-0.2, -0.15) is 0 Å². The van der Waals surface area contributed by atoms with Gasteiger partial charge in [0, 0.05) is 12.8 Å². The number of fused-ring (bicyclic) bond motifs is 1. The Morgan fingerprint density at radius 2 is 2.37 bits per heavy atom. The largest absolute Gasteiger partial charge is 0.378 e. The molecule has 4 N–H and O–H groups in total. The fourth-order valence-corrected chi connectivity index (χ4v) is 2.63. The number of rotatable bonds is 3. The highest BCUT2D eigenvalue weighted by atomic mass is 16.5. The van der Waals surface area contributed by atoms with Crippen molar-refractivity contribution in [3.63, 3.8) is 0 Å². The van der Waals surface area contributed by atoms with Gasteiger partial charge in [0.2, 0.25) is 5.95 Å². The molecular formula is C13H18N4O2. The number of aromatic amines is 2. The molecule has 6 nitrogen and oxygen atoms in total. The fourth-order valence-electron chi connectivity index (χ4n) is 2.63. The van der Waals surface area contributed by atoms with Gasteiger partial charge in [0.1, 0.15) is 11.0 Å². The summed E-state index contributed by atoms with van der Waals surface area (Å²) in [5, 5.41) is 0. The number of hydrogen-bond acceptors (Lipinski definition) is 4. The molecule has 3 rings (SSSR count). The monoisotopic (exact) mass is 262 g/mol. The molecule has 19 heavy (non-hydrogen) atoms. The van der Waals surface area contributed by atoms with Gasteiger partial charge in [-0.3, -0.25) is 9.78 Å². The summed E-state index contributed by atoms with van der Waals surface area (Å²) in [4.78, 5) is 21.4. The van der Waals surface area contributed by atoms with Crippen LogP contribution in [-0.4, -0.2) is 27.7 Å². The summed E-state index contributed by atoms with van der Waals surface area (Å²) >= 11 is 0. The molecule has 0 spiro atoms. The van der Waals surface area contributed by atoms with Crippen molar-refractivity contribution < 1.29 is 4.74 Å². The molecule has 1 unspecified atom stereocenters. The van der Waals surface area contributed by atoms with E-state index in [0.717, 1.165) is 37.9 Å². The first-order valence-corrected chi connectivity index (χ1v) is 6.71. The molecule has 1 saturated heterocycles. The SMILES string of the molecule is Nc1nc2c(CCC3CCCCO3)c[nH]c2c(=O)[nH]1. The first kappa shape index (κ1) is 12.2. The fraction of sp³-hybridized carbons (Fsp3) is 0.538. The third kappa shape index (κ3) is 2.49. The lowest BCUT2D eigenvalue weighted by atomic mass is 10.0. The van der Waals surface area contributed by atoms with E-state index >= 15 is 0 Å². The summed E-state index contributed by atoms with van der Waals surface area (Å²) in [6, 6.07) is 0. The van der Waals surface area contributed by atoms with Crippen LogP contribution < -0.4 is 11.3 Å². The molecule has 6 heteroatoms. The van der Waals surface area contributed by atoms with Crippen molar-refractivity contribution in [3.05, 3.63) is 22.1 Å². The number of ether oxygens (including phenoxy) is 1. The Kier molecular flexibility index (Phi) is 3.25. The third-order valence-electron chi connectivity index (χ3n) is 3.64. The van der Waals surface area contributed by atoms with Crippen LogP contribution in [0.4, 0.5) is 5.95 Å². The first-order chi connectivity index (χ1) is 9.24. The number of nitrogens with one attached hydrogen (secondary N) is 2. The summed E-state index contributed by atoms with van der Waals surface area (Å²) in [6.07, 6.45) is 7.51. The number of aryl methyl sites for hydroxylation is 1. The summed E-state index contributed by atoms with van der Waals surface area (Å²) in [5.74, 6) is 0.160. The van der Waals surface area contributed by atoms with E-state index < -0.39 is 0 Å². The predicted octanol–water partition coefficient (Wildman–Crippen LogP) is 1.34. The number of aromatic nitrogens is 3. The smallest absolute Gasteiger partial charge is 0.276 e. The number of nitrogen functional groups attached to an aromatic ring is 1. The van der Waals surface area contributed by atoms with Gasteiger partial charge in [-0.05, 0) is 37.7 Å². The zero-order valence-electron chi connectivity index (χ0n) is 10.7. The average molecular weight is 262 g/mol. The Morgan fingerprint density at radius 1 is 1.47 bits per heavy atom. The highest BCUT2D eigenvalue weighted by molar-refractivity contribution is 5.78. The van der Waals surface area contributed by atoms with Crippen LogP contribution in [0.5, 0.6) is 0 Å². The molecule has 0 saturated carbocycles. The molecule has 3 heterocycles. The van der Waals surface area contributed by atoms with Crippen LogP contribution in [-0.2, 0) is 11.2 Å². The normalized spacial score (nSPS) is 19.9. The van der Waals surface area contributed by atoms with E-state index in [4.69, 9.17) is 10.5 Å². The van der Waals surface area contributed by atoms with Crippen molar-refractivity contribution >= 4 is 17.0 Å². The van der Waals surface area contributed by atoms with Crippen LogP contribution in [0.3, 0.4) is 0 Å². The van der Waals surface area contributed by atoms with E-state index in [1.807, 2.05) is 6.20 Å². The number of nitrogens with two attached hydrogens (primary N) is 1. The molecule has 0 radical (unpaired) electrons. The maximum atomic E-state index is 11.7. The summed E-state index contributed by atoms with van der Waals surface area (Å²) in [6.45, 7) is 0.865. The molecule has 1 fully saturated rings. The minimum absolute atomic E-state index is 0.160. The molecule has 1 aliphatic heterocycles. The number of anilines is 1. The molecule has 102 valence electrons. The Morgan fingerprint density at radius 3 is 3.16 bits per heavy atom. The van der Waals surface area contributed by atoms with Crippen LogP contribution >= 0.6 is 0 Å². The van der Waals surface area contributed by atoms with Gasteiger partial charge in [0.15, 0.2) is 0 Å². The van der Waals surface area contributed by atoms with Crippen molar-refractivity contribution in [2.24, 2.45) is 0 Å². The quantitative estimate of drug-likeness (QED) is 0.777. The van der Waals surface area contributed by atoms with Gasteiger partial charge in [0.05, 0.1) is 6.10 Å². The summed E-state index contributed by atoms with van der Waals surface area (Å²) < 4.78 is 5.71. The Bertz CT molecular complexity index is 625. The maximum absolute atomic E-state index is 11.7. The number of H-pyrrole nitrogens is 2. The van der Waals surface area contributed by atoms with Crippen LogP contribution in [0.15, 0.2) is 11.0 Å². The van der Waals surface area contributed by atoms with Crippen LogP contribution in [0.1, 0.15) is 31.2 Å². The topological polar surface area (TPSA) is 96.8 Å². The van der Waals surface area contributed by atoms with Gasteiger partial charge in [-0.1, -0.05) is 0 Å². The molecular weight excluding hydrogens is 244 g/mol. The van der Waals surface area contributed by atoms with E-state index in [-0.39, 0.29) is 11.5 Å². The second-order valence-electron chi connectivity index (χ2n) is 5.02. The van der Waals surface area contributed by atoms with Crippen LogP contribution in [0, 0.1) is 0 Å². The predicted molar refractivity (Wildman–Crippen MR) is 73.0 cm³/mol.